The van der Waals surface area contributed by atoms with E-state index in [4.69, 9.17) is 0 Å². The van der Waals surface area contributed by atoms with Gasteiger partial charge in [0.1, 0.15) is 0 Å². The molecule has 3 amide bonds. The number of halogens is 3. The molecule has 2 aromatic carbocycles. The highest BCUT2D eigenvalue weighted by molar-refractivity contribution is 6.23. The molecule has 1 unspecified atom stereocenters. The van der Waals surface area contributed by atoms with Gasteiger partial charge < -0.3 is 9.80 Å². The lowest BCUT2D eigenvalue weighted by Crippen LogP contribution is -2.44. The zero-order chi connectivity index (χ0) is 27.9. The summed E-state index contributed by atoms with van der Waals surface area (Å²) in [5.41, 5.74) is 1.30. The maximum atomic E-state index is 13.5. The maximum absolute atomic E-state index is 13.5. The summed E-state index contributed by atoms with van der Waals surface area (Å²) in [5, 5.41) is 4.14. The Hall–Kier alpha value is -4.15. The predicted octanol–water partition coefficient (Wildman–Crippen LogP) is 4.11. The number of imide groups is 1. The van der Waals surface area contributed by atoms with Crippen LogP contribution in [0.2, 0.25) is 0 Å². The second-order valence-electron chi connectivity index (χ2n) is 10.1. The average Bonchev–Trinajstić information content (AvgIpc) is 3.43. The fourth-order valence-electron chi connectivity index (χ4n) is 5.37. The van der Waals surface area contributed by atoms with Gasteiger partial charge in [-0.25, -0.2) is 0 Å². The van der Waals surface area contributed by atoms with Crippen LogP contribution < -0.4 is 4.90 Å². The molecule has 5 rings (SSSR count). The molecule has 2 aliphatic rings. The first-order chi connectivity index (χ1) is 18.5. The lowest BCUT2D eigenvalue weighted by molar-refractivity contribution is -0.137. The summed E-state index contributed by atoms with van der Waals surface area (Å²) in [6, 6.07) is 9.62. The summed E-state index contributed by atoms with van der Waals surface area (Å²) in [7, 11) is 3.57. The third-order valence-corrected chi connectivity index (χ3v) is 7.24. The van der Waals surface area contributed by atoms with Crippen molar-refractivity contribution in [3.05, 3.63) is 82.7 Å². The molecule has 1 saturated heterocycles. The number of nitrogens with zero attached hydrogens (tertiary/aromatic N) is 5. The Balaban J connectivity index is 1.34. The lowest BCUT2D eigenvalue weighted by atomic mass is 9.95. The number of anilines is 1. The Labute approximate surface area is 223 Å². The highest BCUT2D eigenvalue weighted by atomic mass is 19.4. The summed E-state index contributed by atoms with van der Waals surface area (Å²) < 4.78 is 41.2. The molecule has 0 saturated carbocycles. The van der Waals surface area contributed by atoms with E-state index in [-0.39, 0.29) is 35.1 Å². The number of benzene rings is 2. The first-order valence-electron chi connectivity index (χ1n) is 12.7. The van der Waals surface area contributed by atoms with Crippen LogP contribution in [-0.2, 0) is 31.1 Å². The molecule has 1 aromatic heterocycles. The van der Waals surface area contributed by atoms with Gasteiger partial charge in [-0.15, -0.1) is 0 Å². The summed E-state index contributed by atoms with van der Waals surface area (Å²) in [6.45, 7) is 1.17. The van der Waals surface area contributed by atoms with Crippen molar-refractivity contribution in [2.45, 2.75) is 32.1 Å². The Morgan fingerprint density at radius 1 is 1.10 bits per heavy atom. The third kappa shape index (κ3) is 5.25. The van der Waals surface area contributed by atoms with E-state index in [1.54, 1.807) is 41.0 Å². The van der Waals surface area contributed by atoms with Crippen molar-refractivity contribution in [3.63, 3.8) is 0 Å². The molecule has 11 heteroatoms. The van der Waals surface area contributed by atoms with E-state index in [1.807, 2.05) is 18.1 Å². The van der Waals surface area contributed by atoms with Crippen LogP contribution in [0.25, 0.3) is 0 Å². The van der Waals surface area contributed by atoms with E-state index in [1.165, 1.54) is 12.1 Å². The fraction of sp³-hybridized carbons (Fsp3) is 0.357. The molecule has 0 radical (unpaired) electrons. The number of hydrogen-bond acceptors (Lipinski definition) is 5. The van der Waals surface area contributed by atoms with E-state index in [0.717, 1.165) is 29.0 Å². The number of piperidine rings is 1. The van der Waals surface area contributed by atoms with Gasteiger partial charge in [0, 0.05) is 45.5 Å². The second kappa shape index (κ2) is 10.2. The van der Waals surface area contributed by atoms with Crippen LogP contribution in [0, 0.1) is 5.92 Å². The van der Waals surface area contributed by atoms with Crippen molar-refractivity contribution in [2.75, 3.05) is 25.0 Å². The lowest BCUT2D eigenvalue weighted by Gasteiger charge is -2.36. The standard InChI is InChI=1S/C28H28F3N5O3/c1-33(14-19-13-32-34(2)15-19)25(37)20-7-5-11-35(17-20)23-10-4-9-22-24(23)27(39)36(26(22)38)16-18-6-3-8-21(12-18)28(29,30)31/h3-4,6,8-10,12-13,15,20H,5,7,11,14,16-17H2,1-2H3. The number of aromatic nitrogens is 2. The van der Waals surface area contributed by atoms with Crippen LogP contribution in [0.3, 0.4) is 0 Å². The van der Waals surface area contributed by atoms with Crippen LogP contribution in [-0.4, -0.2) is 57.4 Å². The Morgan fingerprint density at radius 2 is 1.87 bits per heavy atom. The van der Waals surface area contributed by atoms with Gasteiger partial charge in [0.2, 0.25) is 5.91 Å². The van der Waals surface area contributed by atoms with Gasteiger partial charge in [0.05, 0.1) is 41.0 Å². The SMILES string of the molecule is CN(Cc1cnn(C)c1)C(=O)C1CCCN(c2cccc3c2C(=O)N(Cc2cccc(C(F)(F)F)c2)C3=O)C1. The van der Waals surface area contributed by atoms with Crippen LogP contribution in [0.4, 0.5) is 18.9 Å². The Morgan fingerprint density at radius 3 is 2.59 bits per heavy atom. The molecule has 3 heterocycles. The summed E-state index contributed by atoms with van der Waals surface area (Å²) >= 11 is 0. The minimum absolute atomic E-state index is 0.00953. The fourth-order valence-corrected chi connectivity index (χ4v) is 5.37. The number of aryl methyl sites for hydroxylation is 1. The summed E-state index contributed by atoms with van der Waals surface area (Å²) in [6.07, 6.45) is 0.489. The number of hydrogen-bond donors (Lipinski definition) is 0. The molecule has 2 aliphatic heterocycles. The molecule has 1 atom stereocenters. The number of rotatable bonds is 6. The minimum atomic E-state index is -4.53. The van der Waals surface area contributed by atoms with E-state index in [0.29, 0.717) is 31.7 Å². The molecular formula is C28H28F3N5O3. The van der Waals surface area contributed by atoms with Crippen molar-refractivity contribution < 1.29 is 27.6 Å². The smallest absolute Gasteiger partial charge is 0.370 e. The molecule has 8 nitrogen and oxygen atoms in total. The van der Waals surface area contributed by atoms with E-state index < -0.39 is 23.6 Å². The second-order valence-corrected chi connectivity index (χ2v) is 10.1. The summed E-state index contributed by atoms with van der Waals surface area (Å²) in [5.74, 6) is -1.39. The summed E-state index contributed by atoms with van der Waals surface area (Å²) in [4.78, 5) is 44.5. The van der Waals surface area contributed by atoms with Crippen molar-refractivity contribution in [3.8, 4) is 0 Å². The monoisotopic (exact) mass is 539 g/mol. The highest BCUT2D eigenvalue weighted by Crippen LogP contribution is 2.36. The molecule has 0 spiro atoms. The first-order valence-corrected chi connectivity index (χ1v) is 12.7. The Kier molecular flexibility index (Phi) is 6.92. The molecule has 0 aliphatic carbocycles. The van der Waals surface area contributed by atoms with Gasteiger partial charge in [0.25, 0.3) is 11.8 Å². The van der Waals surface area contributed by atoms with Crippen LogP contribution >= 0.6 is 0 Å². The Bertz CT molecular complexity index is 1430. The van der Waals surface area contributed by atoms with Gasteiger partial charge in [-0.2, -0.15) is 18.3 Å². The number of fused-ring (bicyclic) bond motifs is 1. The number of carbonyl (C=O) groups is 3. The number of carbonyl (C=O) groups excluding carboxylic acids is 3. The predicted molar refractivity (Wildman–Crippen MR) is 137 cm³/mol. The molecule has 3 aromatic rings. The van der Waals surface area contributed by atoms with Gasteiger partial charge in [-0.3, -0.25) is 24.0 Å². The zero-order valence-corrected chi connectivity index (χ0v) is 21.6. The van der Waals surface area contributed by atoms with Gasteiger partial charge in [0.15, 0.2) is 0 Å². The molecule has 204 valence electrons. The van der Waals surface area contributed by atoms with E-state index in [9.17, 15) is 27.6 Å². The molecule has 0 bridgehead atoms. The van der Waals surface area contributed by atoms with Crippen molar-refractivity contribution in [1.29, 1.82) is 0 Å². The van der Waals surface area contributed by atoms with Gasteiger partial charge in [-0.05, 0) is 42.7 Å². The van der Waals surface area contributed by atoms with E-state index >= 15 is 0 Å². The van der Waals surface area contributed by atoms with E-state index in [2.05, 4.69) is 5.10 Å². The van der Waals surface area contributed by atoms with Crippen molar-refractivity contribution >= 4 is 23.4 Å². The molecule has 1 fully saturated rings. The third-order valence-electron chi connectivity index (χ3n) is 7.24. The van der Waals surface area contributed by atoms with Crippen molar-refractivity contribution in [1.82, 2.24) is 19.6 Å². The number of amides is 3. The normalized spacial score (nSPS) is 17.5. The molecule has 0 N–H and O–H groups in total. The minimum Gasteiger partial charge on any atom is -0.370 e. The zero-order valence-electron chi connectivity index (χ0n) is 21.6. The van der Waals surface area contributed by atoms with Crippen molar-refractivity contribution in [2.24, 2.45) is 13.0 Å². The molecular weight excluding hydrogens is 511 g/mol. The maximum Gasteiger partial charge on any atom is 0.416 e. The van der Waals surface area contributed by atoms with Crippen LogP contribution in [0.15, 0.2) is 54.9 Å². The largest absolute Gasteiger partial charge is 0.416 e. The quantitative estimate of drug-likeness (QED) is 0.441. The average molecular weight is 540 g/mol. The molecule has 39 heavy (non-hydrogen) atoms. The van der Waals surface area contributed by atoms with Gasteiger partial charge in [-0.1, -0.05) is 18.2 Å². The van der Waals surface area contributed by atoms with Gasteiger partial charge >= 0.3 is 6.18 Å². The highest BCUT2D eigenvalue weighted by Gasteiger charge is 2.40. The topological polar surface area (TPSA) is 78.8 Å². The van der Waals surface area contributed by atoms with Crippen LogP contribution in [0.5, 0.6) is 0 Å². The first kappa shape index (κ1) is 26.5. The number of alkyl halides is 3. The van der Waals surface area contributed by atoms with Crippen LogP contribution in [0.1, 0.15) is 50.2 Å².